The van der Waals surface area contributed by atoms with Gasteiger partial charge in [0.2, 0.25) is 0 Å². The first kappa shape index (κ1) is 15.3. The molecule has 1 amide bonds. The molecule has 0 aliphatic heterocycles. The number of nitrogen functional groups attached to an aromatic ring is 1. The first-order valence-corrected chi connectivity index (χ1v) is 6.51. The Hall–Kier alpha value is -1.75. The summed E-state index contributed by atoms with van der Waals surface area (Å²) < 4.78 is 5.14. The summed E-state index contributed by atoms with van der Waals surface area (Å²) in [6.07, 6.45) is 3.69. The third-order valence-corrected chi connectivity index (χ3v) is 2.84. The molecule has 0 saturated carbocycles. The average molecular weight is 266 g/mol. The Morgan fingerprint density at radius 2 is 2.05 bits per heavy atom. The lowest BCUT2D eigenvalue weighted by Crippen LogP contribution is -2.25. The van der Waals surface area contributed by atoms with Crippen LogP contribution >= 0.6 is 0 Å². The van der Waals surface area contributed by atoms with Gasteiger partial charge in [-0.15, -0.1) is 0 Å². The fourth-order valence-electron chi connectivity index (χ4n) is 1.79. The number of carbonyl (C=O) groups is 1. The summed E-state index contributed by atoms with van der Waals surface area (Å²) >= 11 is 0. The Kier molecular flexibility index (Phi) is 6.74. The van der Waals surface area contributed by atoms with Gasteiger partial charge in [-0.25, -0.2) is 0 Å². The van der Waals surface area contributed by atoms with E-state index in [0.717, 1.165) is 25.7 Å². The summed E-state index contributed by atoms with van der Waals surface area (Å²) in [5, 5.41) is 11.5. The van der Waals surface area contributed by atoms with E-state index >= 15 is 0 Å². The molecular formula is C14H22N2O3. The smallest absolute Gasteiger partial charge is 0.255 e. The van der Waals surface area contributed by atoms with Crippen molar-refractivity contribution in [2.45, 2.75) is 25.7 Å². The molecule has 0 aliphatic carbocycles. The molecular weight excluding hydrogens is 244 g/mol. The lowest BCUT2D eigenvalue weighted by atomic mass is 10.1. The number of aliphatic hydroxyl groups is 1. The van der Waals surface area contributed by atoms with Gasteiger partial charge in [-0.1, -0.05) is 12.8 Å². The molecule has 1 rings (SSSR count). The van der Waals surface area contributed by atoms with Crippen molar-refractivity contribution in [3.05, 3.63) is 23.8 Å². The molecule has 0 aliphatic rings. The van der Waals surface area contributed by atoms with Crippen LogP contribution in [0.25, 0.3) is 0 Å². The van der Waals surface area contributed by atoms with Gasteiger partial charge < -0.3 is 20.9 Å². The Morgan fingerprint density at radius 3 is 2.74 bits per heavy atom. The number of amides is 1. The maximum atomic E-state index is 12.0. The van der Waals surface area contributed by atoms with Gasteiger partial charge in [0.1, 0.15) is 5.75 Å². The first-order valence-electron chi connectivity index (χ1n) is 6.51. The predicted octanol–water partition coefficient (Wildman–Crippen LogP) is 1.56. The normalized spacial score (nSPS) is 10.2. The summed E-state index contributed by atoms with van der Waals surface area (Å²) in [6, 6.07) is 5.00. The van der Waals surface area contributed by atoms with Crippen LogP contribution in [0, 0.1) is 0 Å². The summed E-state index contributed by atoms with van der Waals surface area (Å²) in [6.45, 7) is 0.842. The Balaban J connectivity index is 2.43. The lowest BCUT2D eigenvalue weighted by molar-refractivity contribution is 0.0950. The molecule has 0 bridgehead atoms. The van der Waals surface area contributed by atoms with Gasteiger partial charge in [-0.3, -0.25) is 4.79 Å². The molecule has 106 valence electrons. The summed E-state index contributed by atoms with van der Waals surface area (Å²) in [5.41, 5.74) is 6.66. The van der Waals surface area contributed by atoms with Crippen LogP contribution in [0.3, 0.4) is 0 Å². The fourth-order valence-corrected chi connectivity index (χ4v) is 1.79. The quantitative estimate of drug-likeness (QED) is 0.492. The first-order chi connectivity index (χ1) is 9.19. The minimum absolute atomic E-state index is 0.175. The minimum atomic E-state index is -0.175. The number of nitrogens with one attached hydrogen (secondary N) is 1. The highest BCUT2D eigenvalue weighted by Gasteiger charge is 2.11. The van der Waals surface area contributed by atoms with Crippen LogP contribution in [0.2, 0.25) is 0 Å². The van der Waals surface area contributed by atoms with Crippen molar-refractivity contribution in [1.29, 1.82) is 0 Å². The molecule has 0 unspecified atom stereocenters. The number of aliphatic hydroxyl groups excluding tert-OH is 1. The third kappa shape index (κ3) is 5.18. The Morgan fingerprint density at radius 1 is 1.32 bits per heavy atom. The number of rotatable bonds is 8. The van der Waals surface area contributed by atoms with Crippen LogP contribution in [-0.4, -0.2) is 31.3 Å². The van der Waals surface area contributed by atoms with Gasteiger partial charge in [-0.05, 0) is 31.0 Å². The molecule has 5 heteroatoms. The zero-order chi connectivity index (χ0) is 14.1. The number of benzene rings is 1. The second kappa shape index (κ2) is 8.37. The number of hydrogen-bond acceptors (Lipinski definition) is 4. The Labute approximate surface area is 113 Å². The molecule has 1 aromatic rings. The number of methoxy groups -OCH3 is 1. The monoisotopic (exact) mass is 266 g/mol. The highest BCUT2D eigenvalue weighted by Crippen LogP contribution is 2.20. The number of nitrogens with two attached hydrogens (primary N) is 1. The molecule has 0 spiro atoms. The predicted molar refractivity (Wildman–Crippen MR) is 75.3 cm³/mol. The molecule has 0 radical (unpaired) electrons. The molecule has 1 aromatic carbocycles. The number of hydrogen-bond donors (Lipinski definition) is 3. The van der Waals surface area contributed by atoms with Crippen LogP contribution in [-0.2, 0) is 0 Å². The SMILES string of the molecule is COc1ccc(N)cc1C(=O)NCCCCCCO. The van der Waals surface area contributed by atoms with Crippen LogP contribution in [0.1, 0.15) is 36.0 Å². The molecule has 0 saturated heterocycles. The highest BCUT2D eigenvalue weighted by atomic mass is 16.5. The highest BCUT2D eigenvalue weighted by molar-refractivity contribution is 5.97. The van der Waals surface area contributed by atoms with Gasteiger partial charge in [0.15, 0.2) is 0 Å². The summed E-state index contributed by atoms with van der Waals surface area (Å²) in [5.74, 6) is 0.346. The second-order valence-electron chi connectivity index (χ2n) is 4.35. The zero-order valence-corrected chi connectivity index (χ0v) is 11.3. The van der Waals surface area contributed by atoms with Crippen molar-refractivity contribution in [3.63, 3.8) is 0 Å². The maximum absolute atomic E-state index is 12.0. The van der Waals surface area contributed by atoms with Gasteiger partial charge in [-0.2, -0.15) is 0 Å². The van der Waals surface area contributed by atoms with Crippen molar-refractivity contribution < 1.29 is 14.6 Å². The van der Waals surface area contributed by atoms with E-state index in [2.05, 4.69) is 5.32 Å². The van der Waals surface area contributed by atoms with Gasteiger partial charge in [0, 0.05) is 18.8 Å². The Bertz CT molecular complexity index is 408. The molecule has 19 heavy (non-hydrogen) atoms. The molecule has 0 aromatic heterocycles. The van der Waals surface area contributed by atoms with Crippen molar-refractivity contribution >= 4 is 11.6 Å². The van der Waals surface area contributed by atoms with E-state index in [0.29, 0.717) is 23.5 Å². The second-order valence-corrected chi connectivity index (χ2v) is 4.35. The molecule has 5 nitrogen and oxygen atoms in total. The van der Waals surface area contributed by atoms with E-state index in [-0.39, 0.29) is 12.5 Å². The zero-order valence-electron chi connectivity index (χ0n) is 11.3. The topological polar surface area (TPSA) is 84.6 Å². The minimum Gasteiger partial charge on any atom is -0.496 e. The van der Waals surface area contributed by atoms with E-state index in [1.807, 2.05) is 0 Å². The van der Waals surface area contributed by atoms with E-state index in [9.17, 15) is 4.79 Å². The molecule has 0 atom stereocenters. The average Bonchev–Trinajstić information content (AvgIpc) is 2.42. The van der Waals surface area contributed by atoms with E-state index in [1.165, 1.54) is 7.11 Å². The van der Waals surface area contributed by atoms with E-state index in [1.54, 1.807) is 18.2 Å². The largest absolute Gasteiger partial charge is 0.496 e. The number of anilines is 1. The van der Waals surface area contributed by atoms with E-state index in [4.69, 9.17) is 15.6 Å². The maximum Gasteiger partial charge on any atom is 0.255 e. The van der Waals surface area contributed by atoms with Crippen molar-refractivity contribution in [2.75, 3.05) is 26.0 Å². The molecule has 4 N–H and O–H groups in total. The van der Waals surface area contributed by atoms with Crippen LogP contribution in [0.4, 0.5) is 5.69 Å². The van der Waals surface area contributed by atoms with Crippen molar-refractivity contribution in [2.24, 2.45) is 0 Å². The number of carbonyl (C=O) groups excluding carboxylic acids is 1. The van der Waals surface area contributed by atoms with Crippen LogP contribution in [0.5, 0.6) is 5.75 Å². The summed E-state index contributed by atoms with van der Waals surface area (Å²) in [4.78, 5) is 12.0. The van der Waals surface area contributed by atoms with E-state index < -0.39 is 0 Å². The van der Waals surface area contributed by atoms with Crippen LogP contribution in [0.15, 0.2) is 18.2 Å². The standard InChI is InChI=1S/C14H22N2O3/c1-19-13-7-6-11(15)10-12(13)14(18)16-8-4-2-3-5-9-17/h6-7,10,17H,2-5,8-9,15H2,1H3,(H,16,18). The lowest BCUT2D eigenvalue weighted by Gasteiger charge is -2.10. The molecule has 0 heterocycles. The number of ether oxygens (including phenoxy) is 1. The number of unbranched alkanes of at least 4 members (excludes halogenated alkanes) is 3. The third-order valence-electron chi connectivity index (χ3n) is 2.84. The molecule has 0 fully saturated rings. The van der Waals surface area contributed by atoms with Gasteiger partial charge in [0.05, 0.1) is 12.7 Å². The van der Waals surface area contributed by atoms with Crippen molar-refractivity contribution in [3.8, 4) is 5.75 Å². The van der Waals surface area contributed by atoms with Crippen LogP contribution < -0.4 is 15.8 Å². The van der Waals surface area contributed by atoms with Crippen molar-refractivity contribution in [1.82, 2.24) is 5.32 Å². The fraction of sp³-hybridized carbons (Fsp3) is 0.500. The summed E-state index contributed by atoms with van der Waals surface area (Å²) in [7, 11) is 1.52. The van der Waals surface area contributed by atoms with Gasteiger partial charge >= 0.3 is 0 Å². The van der Waals surface area contributed by atoms with Gasteiger partial charge in [0.25, 0.3) is 5.91 Å².